The lowest BCUT2D eigenvalue weighted by atomic mass is 9.90. The van der Waals surface area contributed by atoms with E-state index < -0.39 is 0 Å². The van der Waals surface area contributed by atoms with E-state index >= 15 is 0 Å². The Balaban J connectivity index is 2.72. The summed E-state index contributed by atoms with van der Waals surface area (Å²) in [5.74, 6) is 0.625. The molecule has 0 spiro atoms. The zero-order valence-electron chi connectivity index (χ0n) is 11.6. The van der Waals surface area contributed by atoms with Crippen LogP contribution >= 0.6 is 11.6 Å². The number of aryl methyl sites for hydroxylation is 2. The highest BCUT2D eigenvalue weighted by atomic mass is 35.5. The van der Waals surface area contributed by atoms with Crippen LogP contribution in [0.15, 0.2) is 18.2 Å². The van der Waals surface area contributed by atoms with Gasteiger partial charge >= 0.3 is 0 Å². The largest absolute Gasteiger partial charge is 0.351 e. The molecule has 1 aromatic rings. The van der Waals surface area contributed by atoms with E-state index in [-0.39, 0.29) is 11.3 Å². The molecule has 0 saturated heterocycles. The molecule has 0 bridgehead atoms. The number of benzene rings is 1. The molecule has 0 aliphatic heterocycles. The van der Waals surface area contributed by atoms with Gasteiger partial charge in [-0.15, -0.1) is 11.6 Å². The van der Waals surface area contributed by atoms with E-state index in [1.165, 1.54) is 0 Å². The fourth-order valence-corrected chi connectivity index (χ4v) is 2.44. The monoisotopic (exact) mass is 267 g/mol. The molecule has 3 heteroatoms. The van der Waals surface area contributed by atoms with Crippen LogP contribution in [-0.2, 0) is 0 Å². The molecule has 0 unspecified atom stereocenters. The molecule has 18 heavy (non-hydrogen) atoms. The fraction of sp³-hybridized carbons (Fsp3) is 0.533. The van der Waals surface area contributed by atoms with E-state index in [0.29, 0.717) is 12.4 Å². The Morgan fingerprint density at radius 1 is 1.28 bits per heavy atom. The van der Waals surface area contributed by atoms with Crippen LogP contribution in [0.2, 0.25) is 0 Å². The minimum atomic E-state index is 0.00764. The van der Waals surface area contributed by atoms with Crippen LogP contribution < -0.4 is 5.32 Å². The lowest BCUT2D eigenvalue weighted by molar-refractivity contribution is 0.0934. The van der Waals surface area contributed by atoms with E-state index in [4.69, 9.17) is 11.6 Å². The molecule has 0 radical (unpaired) electrons. The second-order valence-corrected chi connectivity index (χ2v) is 5.93. The van der Waals surface area contributed by atoms with Gasteiger partial charge in [0.25, 0.3) is 5.91 Å². The van der Waals surface area contributed by atoms with Crippen molar-refractivity contribution in [2.24, 2.45) is 5.41 Å². The summed E-state index contributed by atoms with van der Waals surface area (Å²) in [5.41, 5.74) is 2.86. The summed E-state index contributed by atoms with van der Waals surface area (Å²) in [4.78, 5) is 12.2. The lowest BCUT2D eigenvalue weighted by Gasteiger charge is -2.24. The molecule has 0 aliphatic carbocycles. The van der Waals surface area contributed by atoms with Crippen LogP contribution in [0.3, 0.4) is 0 Å². The summed E-state index contributed by atoms with van der Waals surface area (Å²) < 4.78 is 0. The Kier molecular flexibility index (Phi) is 5.21. The normalized spacial score (nSPS) is 11.4. The Morgan fingerprint density at radius 2 is 1.83 bits per heavy atom. The number of carbonyl (C=O) groups is 1. The van der Waals surface area contributed by atoms with Gasteiger partial charge in [-0.2, -0.15) is 0 Å². The van der Waals surface area contributed by atoms with Gasteiger partial charge in [-0.25, -0.2) is 0 Å². The molecule has 0 aromatic heterocycles. The molecular weight excluding hydrogens is 246 g/mol. The number of rotatable bonds is 5. The average molecular weight is 268 g/mol. The second-order valence-electron chi connectivity index (χ2n) is 5.55. The zero-order chi connectivity index (χ0) is 13.8. The molecule has 0 aliphatic rings. The van der Waals surface area contributed by atoms with E-state index in [9.17, 15) is 4.79 Å². The number of halogens is 1. The first-order chi connectivity index (χ1) is 8.37. The molecule has 100 valence electrons. The van der Waals surface area contributed by atoms with Gasteiger partial charge in [0.2, 0.25) is 0 Å². The van der Waals surface area contributed by atoms with Crippen LogP contribution in [0.25, 0.3) is 0 Å². The van der Waals surface area contributed by atoms with Crippen molar-refractivity contribution in [3.8, 4) is 0 Å². The van der Waals surface area contributed by atoms with Crippen molar-refractivity contribution in [2.45, 2.75) is 34.1 Å². The van der Waals surface area contributed by atoms with Crippen molar-refractivity contribution in [1.82, 2.24) is 5.32 Å². The van der Waals surface area contributed by atoms with Gasteiger partial charge in [0, 0.05) is 18.0 Å². The quantitative estimate of drug-likeness (QED) is 0.810. The van der Waals surface area contributed by atoms with Gasteiger partial charge in [-0.3, -0.25) is 4.79 Å². The number of nitrogens with one attached hydrogen (secondary N) is 1. The van der Waals surface area contributed by atoms with E-state index in [1.54, 1.807) is 0 Å². The zero-order valence-corrected chi connectivity index (χ0v) is 12.4. The Morgan fingerprint density at radius 3 is 2.33 bits per heavy atom. The Labute approximate surface area is 115 Å². The van der Waals surface area contributed by atoms with Crippen molar-refractivity contribution in [1.29, 1.82) is 0 Å². The summed E-state index contributed by atoms with van der Waals surface area (Å²) in [6.45, 7) is 8.80. The highest BCUT2D eigenvalue weighted by Crippen LogP contribution is 2.20. The van der Waals surface area contributed by atoms with Gasteiger partial charge < -0.3 is 5.32 Å². The number of hydrogen-bond donors (Lipinski definition) is 1. The second kappa shape index (κ2) is 6.24. The smallest absolute Gasteiger partial charge is 0.251 e. The molecule has 0 fully saturated rings. The maximum atomic E-state index is 12.2. The van der Waals surface area contributed by atoms with Crippen molar-refractivity contribution >= 4 is 17.5 Å². The molecule has 1 aromatic carbocycles. The molecular formula is C15H22ClNO. The summed E-state index contributed by atoms with van der Waals surface area (Å²) >= 11 is 5.76. The van der Waals surface area contributed by atoms with Crippen LogP contribution in [-0.4, -0.2) is 18.3 Å². The van der Waals surface area contributed by atoms with Crippen LogP contribution in [0.4, 0.5) is 0 Å². The Hall–Kier alpha value is -1.02. The van der Waals surface area contributed by atoms with Gasteiger partial charge in [-0.1, -0.05) is 32.0 Å². The topological polar surface area (TPSA) is 29.1 Å². The molecule has 1 amide bonds. The van der Waals surface area contributed by atoms with Crippen LogP contribution in [0.1, 0.15) is 41.8 Å². The van der Waals surface area contributed by atoms with E-state index in [1.807, 2.05) is 32.0 Å². The number of amides is 1. The third-order valence-corrected chi connectivity index (χ3v) is 3.40. The Bertz CT molecular complexity index is 406. The summed E-state index contributed by atoms with van der Waals surface area (Å²) in [7, 11) is 0. The van der Waals surface area contributed by atoms with Crippen molar-refractivity contribution in [2.75, 3.05) is 12.4 Å². The maximum absolute atomic E-state index is 12.2. The molecule has 1 rings (SSSR count). The van der Waals surface area contributed by atoms with Gasteiger partial charge in [0.15, 0.2) is 0 Å². The number of carbonyl (C=O) groups excluding carboxylic acids is 1. The first-order valence-electron chi connectivity index (χ1n) is 6.28. The summed E-state index contributed by atoms with van der Waals surface area (Å²) in [6, 6.07) is 5.90. The number of alkyl halides is 1. The van der Waals surface area contributed by atoms with Crippen molar-refractivity contribution in [3.63, 3.8) is 0 Å². The molecule has 0 heterocycles. The summed E-state index contributed by atoms with van der Waals surface area (Å²) in [5, 5.41) is 3.01. The van der Waals surface area contributed by atoms with E-state index in [0.717, 1.165) is 23.1 Å². The highest BCUT2D eigenvalue weighted by Gasteiger charge is 2.19. The fourth-order valence-electron chi connectivity index (χ4n) is 1.92. The first-order valence-corrected chi connectivity index (χ1v) is 6.81. The molecule has 0 atom stereocenters. The van der Waals surface area contributed by atoms with Crippen LogP contribution in [0, 0.1) is 19.3 Å². The van der Waals surface area contributed by atoms with Crippen LogP contribution in [0.5, 0.6) is 0 Å². The predicted octanol–water partition coefficient (Wildman–Crippen LogP) is 3.69. The molecule has 1 N–H and O–H groups in total. The summed E-state index contributed by atoms with van der Waals surface area (Å²) in [6.07, 6.45) is 0.890. The minimum absolute atomic E-state index is 0.00764. The first kappa shape index (κ1) is 15.0. The van der Waals surface area contributed by atoms with Gasteiger partial charge in [0.1, 0.15) is 0 Å². The minimum Gasteiger partial charge on any atom is -0.351 e. The molecule has 2 nitrogen and oxygen atoms in total. The van der Waals surface area contributed by atoms with Gasteiger partial charge in [0.05, 0.1) is 0 Å². The predicted molar refractivity (Wildman–Crippen MR) is 77.4 cm³/mol. The molecule has 0 saturated carbocycles. The average Bonchev–Trinajstić information content (AvgIpc) is 2.26. The van der Waals surface area contributed by atoms with Crippen molar-refractivity contribution in [3.05, 3.63) is 34.9 Å². The third kappa shape index (κ3) is 4.02. The highest BCUT2D eigenvalue weighted by molar-refractivity contribution is 6.17. The van der Waals surface area contributed by atoms with Crippen molar-refractivity contribution < 1.29 is 4.79 Å². The van der Waals surface area contributed by atoms with Gasteiger partial charge in [-0.05, 0) is 36.8 Å². The third-order valence-electron chi connectivity index (χ3n) is 3.21. The van der Waals surface area contributed by atoms with E-state index in [2.05, 4.69) is 19.2 Å². The standard InChI is InChI=1S/C15H22ClNO/c1-11-6-5-7-12(2)13(11)14(18)17-10-15(3,4)8-9-16/h5-7H,8-10H2,1-4H3,(H,17,18). The lowest BCUT2D eigenvalue weighted by Crippen LogP contribution is -2.34. The number of hydrogen-bond acceptors (Lipinski definition) is 1. The SMILES string of the molecule is Cc1cccc(C)c1C(=O)NCC(C)(C)CCCl. The maximum Gasteiger partial charge on any atom is 0.251 e.